The number of hydrogen-bond acceptors (Lipinski definition) is 2. The average Bonchev–Trinajstić information content (AvgIpc) is 2.86. The molecule has 1 nitrogen and oxygen atoms in total. The molecule has 2 aromatic rings. The van der Waals surface area contributed by atoms with Crippen LogP contribution in [-0.2, 0) is 6.42 Å². The largest absolute Gasteiger partial charge is 0.202 e. The van der Waals surface area contributed by atoms with E-state index in [2.05, 4.69) is 24.8 Å². The molecule has 0 spiro atoms. The molecule has 0 aromatic heterocycles. The molecule has 6 heteroatoms. The molecule has 0 unspecified atom stereocenters. The monoisotopic (exact) mass is 487 g/mol. The van der Waals surface area contributed by atoms with Crippen molar-refractivity contribution in [3.8, 4) is 17.2 Å². The fourth-order valence-electron chi connectivity index (χ4n) is 4.74. The van der Waals surface area contributed by atoms with Crippen LogP contribution in [0.1, 0.15) is 93.4 Å². The third kappa shape index (κ3) is 5.97. The van der Waals surface area contributed by atoms with Gasteiger partial charge in [-0.25, -0.2) is 17.6 Å². The number of hydrogen-bond donors (Lipinski definition) is 0. The van der Waals surface area contributed by atoms with Crippen LogP contribution in [0.5, 0.6) is 0 Å². The van der Waals surface area contributed by atoms with Crippen LogP contribution in [0, 0.1) is 51.7 Å². The predicted octanol–water partition coefficient (Wildman–Crippen LogP) is 8.63. The van der Waals surface area contributed by atoms with Crippen molar-refractivity contribution in [2.75, 3.05) is 0 Å². The van der Waals surface area contributed by atoms with Crippen LogP contribution in [0.2, 0.25) is 0 Å². The molecule has 1 saturated carbocycles. The van der Waals surface area contributed by atoms with E-state index in [0.717, 1.165) is 24.3 Å². The number of thioether (sulfide) groups is 1. The normalized spacial score (nSPS) is 17.7. The van der Waals surface area contributed by atoms with Crippen molar-refractivity contribution in [1.29, 1.82) is 5.26 Å². The Morgan fingerprint density at radius 2 is 1.59 bits per heavy atom. The minimum absolute atomic E-state index is 0.0333. The fourth-order valence-corrected chi connectivity index (χ4v) is 5.19. The summed E-state index contributed by atoms with van der Waals surface area (Å²) in [6.07, 6.45) is 10.7. The Balaban J connectivity index is 1.80. The lowest BCUT2D eigenvalue weighted by molar-refractivity contribution is 0.302. The lowest BCUT2D eigenvalue weighted by atomic mass is 9.76. The van der Waals surface area contributed by atoms with Crippen LogP contribution in [0.25, 0.3) is 0 Å². The zero-order valence-corrected chi connectivity index (χ0v) is 20.4. The molecule has 3 rings (SSSR count). The molecule has 0 radical (unpaired) electrons. The number of aryl methyl sites for hydroxylation is 1. The van der Waals surface area contributed by atoms with Gasteiger partial charge in [0.25, 0.3) is 0 Å². The van der Waals surface area contributed by atoms with Gasteiger partial charge in [-0.2, -0.15) is 5.26 Å². The van der Waals surface area contributed by atoms with Crippen LogP contribution in [0.15, 0.2) is 23.1 Å². The number of halogens is 4. The summed E-state index contributed by atoms with van der Waals surface area (Å²) in [5.41, 5.74) is 1.80. The van der Waals surface area contributed by atoms with Crippen LogP contribution in [0.4, 0.5) is 17.6 Å². The number of rotatable bonds is 7. The maximum Gasteiger partial charge on any atom is 0.178 e. The average molecular weight is 488 g/mol. The zero-order chi connectivity index (χ0) is 24.7. The third-order valence-electron chi connectivity index (χ3n) is 6.74. The van der Waals surface area contributed by atoms with E-state index in [9.17, 15) is 17.6 Å². The van der Waals surface area contributed by atoms with Gasteiger partial charge < -0.3 is 0 Å². The summed E-state index contributed by atoms with van der Waals surface area (Å²) in [6.45, 7) is 4.20. The predicted molar refractivity (Wildman–Crippen MR) is 128 cm³/mol. The molecule has 34 heavy (non-hydrogen) atoms. The van der Waals surface area contributed by atoms with E-state index in [4.69, 9.17) is 5.26 Å². The van der Waals surface area contributed by atoms with Crippen molar-refractivity contribution in [1.82, 2.24) is 0 Å². The maximum atomic E-state index is 14.3. The SMILES string of the molecule is CCCCCC1CCC(c2ccc(C#Cc3c(F)c(F)c(SC#N)c(F)c3F)c(CC)c2)CC1. The lowest BCUT2D eigenvalue weighted by Gasteiger charge is -2.29. The lowest BCUT2D eigenvalue weighted by Crippen LogP contribution is -2.13. The first kappa shape index (κ1) is 26.2. The van der Waals surface area contributed by atoms with Crippen molar-refractivity contribution in [3.05, 3.63) is 63.7 Å². The number of benzene rings is 2. The van der Waals surface area contributed by atoms with E-state index in [0.29, 0.717) is 17.9 Å². The van der Waals surface area contributed by atoms with Gasteiger partial charge in [-0.15, -0.1) is 0 Å². The summed E-state index contributed by atoms with van der Waals surface area (Å²) in [7, 11) is 0. The minimum Gasteiger partial charge on any atom is -0.202 e. The van der Waals surface area contributed by atoms with Crippen molar-refractivity contribution in [2.45, 2.75) is 82.4 Å². The van der Waals surface area contributed by atoms with Gasteiger partial charge in [0.1, 0.15) is 11.0 Å². The molecule has 180 valence electrons. The van der Waals surface area contributed by atoms with E-state index in [1.165, 1.54) is 49.5 Å². The first-order chi connectivity index (χ1) is 16.4. The van der Waals surface area contributed by atoms with Gasteiger partial charge in [-0.1, -0.05) is 63.5 Å². The number of nitrogens with zero attached hydrogens (tertiary/aromatic N) is 1. The highest BCUT2D eigenvalue weighted by Gasteiger charge is 2.25. The van der Waals surface area contributed by atoms with Gasteiger partial charge in [0, 0.05) is 5.56 Å². The van der Waals surface area contributed by atoms with Gasteiger partial charge in [0.15, 0.2) is 23.3 Å². The molecule has 0 amide bonds. The third-order valence-corrected chi connectivity index (χ3v) is 7.39. The maximum absolute atomic E-state index is 14.3. The molecule has 2 aromatic carbocycles. The second-order valence-corrected chi connectivity index (χ2v) is 9.68. The van der Waals surface area contributed by atoms with E-state index >= 15 is 0 Å². The summed E-state index contributed by atoms with van der Waals surface area (Å²) in [5, 5.41) is 10.0. The Bertz CT molecular complexity index is 1090. The van der Waals surface area contributed by atoms with Crippen LogP contribution in [-0.4, -0.2) is 0 Å². The van der Waals surface area contributed by atoms with E-state index in [-0.39, 0.29) is 11.8 Å². The number of unbranched alkanes of at least 4 members (excludes halogenated alkanes) is 2. The Kier molecular flexibility index (Phi) is 9.48. The fraction of sp³-hybridized carbons (Fsp3) is 0.464. The molecule has 0 aliphatic heterocycles. The summed E-state index contributed by atoms with van der Waals surface area (Å²) in [5.74, 6) is -0.0892. The van der Waals surface area contributed by atoms with Gasteiger partial charge in [-0.05, 0) is 72.9 Å². The standard InChI is InChI=1S/C28H29F4NS/c1-3-5-6-7-18-8-10-21(11-9-18)22-13-12-20(19(4-2)16-22)14-15-23-24(29)26(31)28(34-17-33)27(32)25(23)30/h12-13,16,18,21H,3-11H2,1-2H3. The van der Waals surface area contributed by atoms with Crippen molar-refractivity contribution in [3.63, 3.8) is 0 Å². The molecule has 1 aliphatic carbocycles. The first-order valence-electron chi connectivity index (χ1n) is 12.0. The molecule has 0 atom stereocenters. The minimum atomic E-state index is -1.61. The second-order valence-electron chi connectivity index (χ2n) is 8.89. The highest BCUT2D eigenvalue weighted by Crippen LogP contribution is 2.38. The molecule has 0 heterocycles. The van der Waals surface area contributed by atoms with Gasteiger partial charge in [0.05, 0.1) is 4.90 Å². The summed E-state index contributed by atoms with van der Waals surface area (Å²) >= 11 is 0.0333. The molecule has 0 bridgehead atoms. The second kappa shape index (κ2) is 12.3. The van der Waals surface area contributed by atoms with E-state index in [1.807, 2.05) is 19.1 Å². The highest BCUT2D eigenvalue weighted by atomic mass is 32.2. The highest BCUT2D eigenvalue weighted by molar-refractivity contribution is 8.03. The van der Waals surface area contributed by atoms with Crippen LogP contribution < -0.4 is 0 Å². The molecule has 1 aliphatic rings. The number of nitriles is 1. The summed E-state index contributed by atoms with van der Waals surface area (Å²) in [6, 6.07) is 5.94. The smallest absolute Gasteiger partial charge is 0.178 e. The molecular formula is C28H29F4NS. The molecule has 0 N–H and O–H groups in total. The zero-order valence-electron chi connectivity index (χ0n) is 19.6. The molecule has 0 saturated heterocycles. The van der Waals surface area contributed by atoms with Crippen LogP contribution >= 0.6 is 11.8 Å². The van der Waals surface area contributed by atoms with E-state index < -0.39 is 33.7 Å². The quantitative estimate of drug-likeness (QED) is 0.0974. The first-order valence-corrected chi connectivity index (χ1v) is 12.8. The molecule has 1 fully saturated rings. The number of thiocyanates is 1. The van der Waals surface area contributed by atoms with Gasteiger partial charge >= 0.3 is 0 Å². The Morgan fingerprint density at radius 1 is 0.912 bits per heavy atom. The van der Waals surface area contributed by atoms with Crippen LogP contribution in [0.3, 0.4) is 0 Å². The van der Waals surface area contributed by atoms with Crippen molar-refractivity contribution < 1.29 is 17.6 Å². The Labute approximate surface area is 203 Å². The van der Waals surface area contributed by atoms with Crippen molar-refractivity contribution >= 4 is 11.8 Å². The Hall–Kier alpha value is -2.44. The van der Waals surface area contributed by atoms with Gasteiger partial charge in [0.2, 0.25) is 0 Å². The van der Waals surface area contributed by atoms with E-state index in [1.54, 1.807) is 0 Å². The van der Waals surface area contributed by atoms with Gasteiger partial charge in [-0.3, -0.25) is 0 Å². The topological polar surface area (TPSA) is 23.8 Å². The summed E-state index contributed by atoms with van der Waals surface area (Å²) in [4.78, 5) is -0.998. The summed E-state index contributed by atoms with van der Waals surface area (Å²) < 4.78 is 56.9. The Morgan fingerprint density at radius 3 is 2.18 bits per heavy atom. The molecular weight excluding hydrogens is 458 g/mol. The van der Waals surface area contributed by atoms with Crippen molar-refractivity contribution in [2.24, 2.45) is 5.92 Å².